The van der Waals surface area contributed by atoms with Gasteiger partial charge in [-0.05, 0) is 55.5 Å². The molecule has 33 heavy (non-hydrogen) atoms. The van der Waals surface area contributed by atoms with Gasteiger partial charge in [0, 0.05) is 16.4 Å². The highest BCUT2D eigenvalue weighted by Gasteiger charge is 2.35. The summed E-state index contributed by atoms with van der Waals surface area (Å²) in [6, 6.07) is 10.6. The Morgan fingerprint density at radius 2 is 1.97 bits per heavy atom. The number of fused-ring (bicyclic) bond motifs is 2. The first-order valence-corrected chi connectivity index (χ1v) is 12.0. The normalized spacial score (nSPS) is 16.8. The summed E-state index contributed by atoms with van der Waals surface area (Å²) in [6.07, 6.45) is 1.91. The van der Waals surface area contributed by atoms with Crippen molar-refractivity contribution in [2.75, 3.05) is 30.1 Å². The second-order valence-corrected chi connectivity index (χ2v) is 8.93. The standard InChI is InChI=1S/C23H22ClN5O3S/c1-12-4-6-15(11-16(12)24)26-21(30)19-13(2)25-22-27-23(33-3)28-29(22)20(19)14-5-7-17-18(10-14)32-9-8-31-17/h4-7,10-11,20H,8-9H2,1-3H3,(H,26,30)(H,25,27,28). The number of nitrogens with zero attached hydrogens (tertiary/aromatic N) is 3. The Morgan fingerprint density at radius 3 is 2.73 bits per heavy atom. The van der Waals surface area contributed by atoms with Crippen LogP contribution in [0.1, 0.15) is 24.1 Å². The topological polar surface area (TPSA) is 90.3 Å². The molecule has 5 rings (SSSR count). The molecule has 0 aliphatic carbocycles. The summed E-state index contributed by atoms with van der Waals surface area (Å²) in [6.45, 7) is 4.76. The Balaban J connectivity index is 1.58. The summed E-state index contributed by atoms with van der Waals surface area (Å²) < 4.78 is 13.2. The van der Waals surface area contributed by atoms with Crippen LogP contribution < -0.4 is 20.1 Å². The maximum Gasteiger partial charge on any atom is 0.255 e. The summed E-state index contributed by atoms with van der Waals surface area (Å²) in [7, 11) is 0. The predicted molar refractivity (Wildman–Crippen MR) is 129 cm³/mol. The molecular formula is C23H22ClN5O3S. The van der Waals surface area contributed by atoms with Crippen molar-refractivity contribution in [2.45, 2.75) is 25.0 Å². The molecular weight excluding hydrogens is 462 g/mol. The third-order valence-corrected chi connectivity index (χ3v) is 6.52. The van der Waals surface area contributed by atoms with Gasteiger partial charge in [-0.2, -0.15) is 4.98 Å². The lowest BCUT2D eigenvalue weighted by Gasteiger charge is -2.29. The molecule has 3 aromatic rings. The van der Waals surface area contributed by atoms with Crippen LogP contribution in [0.15, 0.2) is 52.8 Å². The Labute approximate surface area is 200 Å². The van der Waals surface area contributed by atoms with E-state index in [1.165, 1.54) is 11.8 Å². The molecule has 0 saturated heterocycles. The molecule has 10 heteroatoms. The van der Waals surface area contributed by atoms with Crippen LogP contribution in [0, 0.1) is 6.92 Å². The van der Waals surface area contributed by atoms with Crippen LogP contribution in [0.5, 0.6) is 11.5 Å². The molecule has 2 aromatic carbocycles. The van der Waals surface area contributed by atoms with Gasteiger partial charge < -0.3 is 20.1 Å². The zero-order chi connectivity index (χ0) is 23.1. The molecule has 2 aliphatic heterocycles. The van der Waals surface area contributed by atoms with E-state index in [0.717, 1.165) is 11.1 Å². The molecule has 0 saturated carbocycles. The number of carbonyl (C=O) groups is 1. The van der Waals surface area contributed by atoms with E-state index in [-0.39, 0.29) is 5.91 Å². The lowest BCUT2D eigenvalue weighted by atomic mass is 9.94. The quantitative estimate of drug-likeness (QED) is 0.521. The first-order valence-electron chi connectivity index (χ1n) is 10.4. The molecule has 1 unspecified atom stereocenters. The molecule has 1 amide bonds. The zero-order valence-electron chi connectivity index (χ0n) is 18.3. The van der Waals surface area contributed by atoms with Crippen LogP contribution >= 0.6 is 23.4 Å². The van der Waals surface area contributed by atoms with Crippen LogP contribution in [-0.2, 0) is 4.79 Å². The van der Waals surface area contributed by atoms with E-state index in [1.807, 2.05) is 50.4 Å². The number of halogens is 1. The molecule has 3 heterocycles. The number of hydrogen-bond donors (Lipinski definition) is 2. The lowest BCUT2D eigenvalue weighted by molar-refractivity contribution is -0.113. The number of thioether (sulfide) groups is 1. The number of nitrogens with one attached hydrogen (secondary N) is 2. The summed E-state index contributed by atoms with van der Waals surface area (Å²) in [5.74, 6) is 1.65. The molecule has 1 atom stereocenters. The minimum absolute atomic E-state index is 0.258. The van der Waals surface area contributed by atoms with Gasteiger partial charge in [-0.3, -0.25) is 4.79 Å². The van der Waals surface area contributed by atoms with Gasteiger partial charge in [0.25, 0.3) is 5.91 Å². The van der Waals surface area contributed by atoms with E-state index in [0.29, 0.717) is 57.8 Å². The molecule has 170 valence electrons. The van der Waals surface area contributed by atoms with Gasteiger partial charge in [0.15, 0.2) is 11.5 Å². The van der Waals surface area contributed by atoms with E-state index in [9.17, 15) is 4.79 Å². The van der Waals surface area contributed by atoms with Crippen molar-refractivity contribution in [3.63, 3.8) is 0 Å². The van der Waals surface area contributed by atoms with Crippen molar-refractivity contribution in [1.82, 2.24) is 14.8 Å². The number of aryl methyl sites for hydroxylation is 1. The summed E-state index contributed by atoms with van der Waals surface area (Å²) in [5.41, 5.74) is 3.61. The number of ether oxygens (including phenoxy) is 2. The third kappa shape index (κ3) is 4.02. The van der Waals surface area contributed by atoms with Gasteiger partial charge in [0.2, 0.25) is 11.1 Å². The largest absolute Gasteiger partial charge is 0.486 e. The molecule has 0 radical (unpaired) electrons. The van der Waals surface area contributed by atoms with Crippen LogP contribution in [-0.4, -0.2) is 40.1 Å². The Hall–Kier alpha value is -3.17. The van der Waals surface area contributed by atoms with Crippen molar-refractivity contribution in [3.05, 3.63) is 63.8 Å². The lowest BCUT2D eigenvalue weighted by Crippen LogP contribution is -2.31. The molecule has 2 aliphatic rings. The van der Waals surface area contributed by atoms with Gasteiger partial charge >= 0.3 is 0 Å². The molecule has 2 N–H and O–H groups in total. The predicted octanol–water partition coefficient (Wildman–Crippen LogP) is 4.66. The third-order valence-electron chi connectivity index (χ3n) is 5.57. The van der Waals surface area contributed by atoms with Crippen molar-refractivity contribution < 1.29 is 14.3 Å². The zero-order valence-corrected chi connectivity index (χ0v) is 19.9. The number of amides is 1. The highest BCUT2D eigenvalue weighted by molar-refractivity contribution is 7.98. The highest BCUT2D eigenvalue weighted by atomic mass is 35.5. The number of aromatic nitrogens is 3. The van der Waals surface area contributed by atoms with Crippen molar-refractivity contribution in [1.29, 1.82) is 0 Å². The van der Waals surface area contributed by atoms with Gasteiger partial charge in [-0.15, -0.1) is 5.10 Å². The van der Waals surface area contributed by atoms with E-state index < -0.39 is 6.04 Å². The number of hydrogen-bond acceptors (Lipinski definition) is 7. The Kier molecular flexibility index (Phi) is 5.67. The van der Waals surface area contributed by atoms with Crippen molar-refractivity contribution in [2.24, 2.45) is 0 Å². The number of allylic oxidation sites excluding steroid dienone is 1. The summed E-state index contributed by atoms with van der Waals surface area (Å²) in [4.78, 5) is 18.1. The van der Waals surface area contributed by atoms with Crippen LogP contribution in [0.4, 0.5) is 11.6 Å². The first-order chi connectivity index (χ1) is 15.9. The average molecular weight is 484 g/mol. The maximum absolute atomic E-state index is 13.6. The molecule has 0 fully saturated rings. The van der Waals surface area contributed by atoms with Crippen LogP contribution in [0.2, 0.25) is 5.02 Å². The fourth-order valence-corrected chi connectivity index (χ4v) is 4.45. The van der Waals surface area contributed by atoms with Gasteiger partial charge in [-0.25, -0.2) is 4.68 Å². The molecule has 0 bridgehead atoms. The maximum atomic E-state index is 13.6. The van der Waals surface area contributed by atoms with E-state index in [1.54, 1.807) is 10.7 Å². The fourth-order valence-electron chi connectivity index (χ4n) is 3.92. The van der Waals surface area contributed by atoms with Gasteiger partial charge in [0.1, 0.15) is 19.3 Å². The minimum Gasteiger partial charge on any atom is -0.486 e. The second kappa shape index (κ2) is 8.64. The van der Waals surface area contributed by atoms with Crippen LogP contribution in [0.3, 0.4) is 0 Å². The van der Waals surface area contributed by atoms with Gasteiger partial charge in [-0.1, -0.05) is 35.5 Å². The van der Waals surface area contributed by atoms with Crippen molar-refractivity contribution >= 4 is 40.9 Å². The Bertz CT molecular complexity index is 1290. The Morgan fingerprint density at radius 1 is 1.18 bits per heavy atom. The SMILES string of the molecule is CSc1nc2n(n1)C(c1ccc3c(c1)OCCO3)C(C(=O)Nc1ccc(C)c(Cl)c1)=C(C)N2. The van der Waals surface area contributed by atoms with E-state index in [4.69, 9.17) is 21.1 Å². The van der Waals surface area contributed by atoms with E-state index >= 15 is 0 Å². The smallest absolute Gasteiger partial charge is 0.255 e. The highest BCUT2D eigenvalue weighted by Crippen LogP contribution is 2.40. The molecule has 0 spiro atoms. The summed E-state index contributed by atoms with van der Waals surface area (Å²) in [5, 5.41) is 12.0. The number of benzene rings is 2. The first kappa shape index (κ1) is 21.7. The van der Waals surface area contributed by atoms with Crippen LogP contribution in [0.25, 0.3) is 0 Å². The number of anilines is 2. The minimum atomic E-state index is -0.508. The van der Waals surface area contributed by atoms with E-state index in [2.05, 4.69) is 20.7 Å². The number of carbonyl (C=O) groups excluding carboxylic acids is 1. The van der Waals surface area contributed by atoms with Gasteiger partial charge in [0.05, 0.1) is 5.57 Å². The number of rotatable bonds is 4. The molecule has 8 nitrogen and oxygen atoms in total. The average Bonchev–Trinajstić information content (AvgIpc) is 3.23. The summed E-state index contributed by atoms with van der Waals surface area (Å²) >= 11 is 7.70. The van der Waals surface area contributed by atoms with Crippen molar-refractivity contribution in [3.8, 4) is 11.5 Å². The fraction of sp³-hybridized carbons (Fsp3) is 0.261. The molecule has 1 aromatic heterocycles. The second-order valence-electron chi connectivity index (χ2n) is 7.75. The monoisotopic (exact) mass is 483 g/mol.